The van der Waals surface area contributed by atoms with Crippen LogP contribution in [0.5, 0.6) is 0 Å². The molecule has 21 heavy (non-hydrogen) atoms. The highest BCUT2D eigenvalue weighted by atomic mass is 32.2. The van der Waals surface area contributed by atoms with Gasteiger partial charge >= 0.3 is 0 Å². The summed E-state index contributed by atoms with van der Waals surface area (Å²) in [5.74, 6) is 2.32. The Hall–Kier alpha value is -1.57. The third-order valence-corrected chi connectivity index (χ3v) is 4.59. The van der Waals surface area contributed by atoms with E-state index in [0.29, 0.717) is 12.3 Å². The van der Waals surface area contributed by atoms with Gasteiger partial charge in [0, 0.05) is 11.6 Å². The van der Waals surface area contributed by atoms with Crippen LogP contribution < -0.4 is 10.0 Å². The molecule has 2 aromatic heterocycles. The zero-order valence-corrected chi connectivity index (χ0v) is 13.4. The van der Waals surface area contributed by atoms with Crippen LogP contribution in [0.1, 0.15) is 35.8 Å². The molecule has 0 amide bonds. The fourth-order valence-electron chi connectivity index (χ4n) is 2.14. The largest absolute Gasteiger partial charge is 0.466 e. The summed E-state index contributed by atoms with van der Waals surface area (Å²) in [4.78, 5) is 0. The van der Waals surface area contributed by atoms with E-state index in [1.165, 1.54) is 13.1 Å². The number of nitrogens with one attached hydrogen (secondary N) is 2. The van der Waals surface area contributed by atoms with Crippen molar-refractivity contribution in [2.75, 3.05) is 7.05 Å². The maximum Gasteiger partial charge on any atom is 0.273 e. The molecule has 0 fully saturated rings. The summed E-state index contributed by atoms with van der Waals surface area (Å²) >= 11 is 0. The molecule has 2 N–H and O–H groups in total. The molecule has 0 saturated carbocycles. The van der Waals surface area contributed by atoms with Gasteiger partial charge in [-0.3, -0.25) is 0 Å². The zero-order chi connectivity index (χ0) is 15.6. The van der Waals surface area contributed by atoms with Crippen molar-refractivity contribution in [2.24, 2.45) is 0 Å². The minimum absolute atomic E-state index is 0.0789. The highest BCUT2D eigenvalue weighted by molar-refractivity contribution is 7.89. The van der Waals surface area contributed by atoms with Crippen molar-refractivity contribution < 1.29 is 17.3 Å². The van der Waals surface area contributed by atoms with Gasteiger partial charge in [0.05, 0.1) is 6.54 Å². The van der Waals surface area contributed by atoms with Crippen molar-refractivity contribution >= 4 is 10.0 Å². The van der Waals surface area contributed by atoms with Crippen LogP contribution in [0.3, 0.4) is 0 Å². The second-order valence-corrected chi connectivity index (χ2v) is 6.72. The van der Waals surface area contributed by atoms with Crippen molar-refractivity contribution in [3.05, 3.63) is 41.0 Å². The van der Waals surface area contributed by atoms with Gasteiger partial charge in [-0.2, -0.15) is 0 Å². The Morgan fingerprint density at radius 1 is 1.24 bits per heavy atom. The molecular weight excluding hydrogens is 292 g/mol. The summed E-state index contributed by atoms with van der Waals surface area (Å²) in [6.07, 6.45) is 0. The molecule has 1 atom stereocenters. The standard InChI is InChI=1S/C14H20N2O4S/c1-9-7-13(11(3)19-9)10(2)16-8-12-5-6-14(20-12)21(17,18)15-4/h5-7,10,15-16H,8H2,1-4H3. The molecule has 7 heteroatoms. The molecule has 0 aliphatic carbocycles. The lowest BCUT2D eigenvalue weighted by atomic mass is 10.1. The quantitative estimate of drug-likeness (QED) is 0.854. The maximum atomic E-state index is 11.6. The van der Waals surface area contributed by atoms with Gasteiger partial charge in [0.15, 0.2) is 0 Å². The molecule has 116 valence electrons. The van der Waals surface area contributed by atoms with Crippen LogP contribution in [0.25, 0.3) is 0 Å². The Labute approximate surface area is 124 Å². The van der Waals surface area contributed by atoms with Crippen LogP contribution in [0.15, 0.2) is 32.1 Å². The average molecular weight is 312 g/mol. The maximum absolute atomic E-state index is 11.6. The Morgan fingerprint density at radius 3 is 2.52 bits per heavy atom. The van der Waals surface area contributed by atoms with Crippen LogP contribution in [0, 0.1) is 13.8 Å². The van der Waals surface area contributed by atoms with Gasteiger partial charge in [-0.15, -0.1) is 0 Å². The Morgan fingerprint density at radius 2 is 1.95 bits per heavy atom. The minimum atomic E-state index is -3.53. The molecule has 0 spiro atoms. The van der Waals surface area contributed by atoms with Crippen LogP contribution in [0.4, 0.5) is 0 Å². The first-order valence-corrected chi connectivity index (χ1v) is 8.14. The van der Waals surface area contributed by atoms with Crippen LogP contribution >= 0.6 is 0 Å². The van der Waals surface area contributed by atoms with E-state index in [0.717, 1.165) is 17.1 Å². The molecule has 0 radical (unpaired) electrons. The number of rotatable bonds is 6. The van der Waals surface area contributed by atoms with Crippen LogP contribution in [0.2, 0.25) is 0 Å². The lowest BCUT2D eigenvalue weighted by Gasteiger charge is -2.11. The fraction of sp³-hybridized carbons (Fsp3) is 0.429. The third-order valence-electron chi connectivity index (χ3n) is 3.30. The van der Waals surface area contributed by atoms with Gasteiger partial charge in [0.25, 0.3) is 10.0 Å². The van der Waals surface area contributed by atoms with E-state index in [1.807, 2.05) is 26.8 Å². The Bertz CT molecular complexity index is 715. The summed E-state index contributed by atoms with van der Waals surface area (Å²) < 4.78 is 36.2. The Balaban J connectivity index is 2.02. The molecule has 0 bridgehead atoms. The van der Waals surface area contributed by atoms with Gasteiger partial charge < -0.3 is 14.2 Å². The molecule has 0 aromatic carbocycles. The highest BCUT2D eigenvalue weighted by Crippen LogP contribution is 2.22. The monoisotopic (exact) mass is 312 g/mol. The normalized spacial score (nSPS) is 13.5. The smallest absolute Gasteiger partial charge is 0.273 e. The third kappa shape index (κ3) is 3.55. The van der Waals surface area contributed by atoms with E-state index >= 15 is 0 Å². The molecule has 2 rings (SSSR count). The molecule has 0 aliphatic rings. The number of hydrogen-bond donors (Lipinski definition) is 2. The summed E-state index contributed by atoms with van der Waals surface area (Å²) in [6, 6.07) is 5.17. The van der Waals surface area contributed by atoms with E-state index in [2.05, 4.69) is 10.0 Å². The predicted octanol–water partition coefficient (Wildman–Crippen LogP) is 2.25. The summed E-state index contributed by atoms with van der Waals surface area (Å²) in [5, 5.41) is 3.20. The van der Waals surface area contributed by atoms with E-state index in [4.69, 9.17) is 8.83 Å². The zero-order valence-electron chi connectivity index (χ0n) is 12.6. The van der Waals surface area contributed by atoms with E-state index in [9.17, 15) is 8.42 Å². The number of furan rings is 2. The summed E-state index contributed by atoms with van der Waals surface area (Å²) in [5.41, 5.74) is 1.09. The first-order valence-electron chi connectivity index (χ1n) is 6.66. The van der Waals surface area contributed by atoms with Crippen molar-refractivity contribution in [3.63, 3.8) is 0 Å². The average Bonchev–Trinajstić information content (AvgIpc) is 3.03. The van der Waals surface area contributed by atoms with Crippen molar-refractivity contribution in [1.29, 1.82) is 0 Å². The van der Waals surface area contributed by atoms with Gasteiger partial charge in [0.2, 0.25) is 5.09 Å². The lowest BCUT2D eigenvalue weighted by molar-refractivity contribution is 0.391. The first kappa shape index (κ1) is 15.8. The molecule has 0 saturated heterocycles. The first-order chi connectivity index (χ1) is 9.83. The number of sulfonamides is 1. The Kier molecular flexibility index (Phi) is 4.55. The fourth-order valence-corrected chi connectivity index (χ4v) is 2.81. The van der Waals surface area contributed by atoms with E-state index in [-0.39, 0.29) is 11.1 Å². The molecule has 1 unspecified atom stereocenters. The second-order valence-electron chi connectivity index (χ2n) is 4.90. The summed E-state index contributed by atoms with van der Waals surface area (Å²) in [6.45, 7) is 6.28. The number of aryl methyl sites for hydroxylation is 2. The minimum Gasteiger partial charge on any atom is -0.466 e. The van der Waals surface area contributed by atoms with Crippen LogP contribution in [-0.4, -0.2) is 15.5 Å². The molecule has 2 heterocycles. The predicted molar refractivity (Wildman–Crippen MR) is 78.4 cm³/mol. The van der Waals surface area contributed by atoms with Gasteiger partial charge in [0.1, 0.15) is 17.3 Å². The summed E-state index contributed by atoms with van der Waals surface area (Å²) in [7, 11) is -2.18. The topological polar surface area (TPSA) is 84.5 Å². The van der Waals surface area contributed by atoms with Gasteiger partial charge in [-0.25, -0.2) is 13.1 Å². The van der Waals surface area contributed by atoms with E-state index in [1.54, 1.807) is 6.07 Å². The highest BCUT2D eigenvalue weighted by Gasteiger charge is 2.17. The molecule has 6 nitrogen and oxygen atoms in total. The van der Waals surface area contributed by atoms with Gasteiger partial charge in [-0.1, -0.05) is 0 Å². The molecule has 2 aromatic rings. The number of hydrogen-bond acceptors (Lipinski definition) is 5. The second kappa shape index (κ2) is 6.05. The molecule has 0 aliphatic heterocycles. The van der Waals surface area contributed by atoms with Crippen LogP contribution in [-0.2, 0) is 16.6 Å². The van der Waals surface area contributed by atoms with Crippen molar-refractivity contribution in [3.8, 4) is 0 Å². The van der Waals surface area contributed by atoms with Gasteiger partial charge in [-0.05, 0) is 46.0 Å². The van der Waals surface area contributed by atoms with Crippen molar-refractivity contribution in [2.45, 2.75) is 38.5 Å². The van der Waals surface area contributed by atoms with E-state index < -0.39 is 10.0 Å². The SMILES string of the molecule is CNS(=O)(=O)c1ccc(CNC(C)c2cc(C)oc2C)o1. The van der Waals surface area contributed by atoms with Crippen molar-refractivity contribution in [1.82, 2.24) is 10.0 Å². The lowest BCUT2D eigenvalue weighted by Crippen LogP contribution is -2.19. The molecular formula is C14H20N2O4S.